The van der Waals surface area contributed by atoms with E-state index in [1.54, 1.807) is 0 Å². The fraction of sp³-hybridized carbons (Fsp3) is 0.0526. The Kier molecular flexibility index (Phi) is 2.40. The number of rotatable bonds is 1. The third-order valence-corrected chi connectivity index (χ3v) is 3.76. The van der Waals surface area contributed by atoms with Crippen LogP contribution in [0.3, 0.4) is 0 Å². The van der Waals surface area contributed by atoms with Crippen LogP contribution in [-0.2, 0) is 0 Å². The lowest BCUT2D eigenvalue weighted by atomic mass is 10.2. The van der Waals surface area contributed by atoms with Gasteiger partial charge in [-0.2, -0.15) is 0 Å². The van der Waals surface area contributed by atoms with E-state index >= 15 is 0 Å². The zero-order valence-electron chi connectivity index (χ0n) is 11.3. The van der Waals surface area contributed by atoms with Gasteiger partial charge in [-0.15, -0.1) is 0 Å². The predicted molar refractivity (Wildman–Crippen MR) is 84.4 cm³/mol. The Bertz CT molecular complexity index is 862. The van der Waals surface area contributed by atoms with Gasteiger partial charge in [0.15, 0.2) is 0 Å². The number of benzene rings is 3. The van der Waals surface area contributed by atoms with Gasteiger partial charge >= 0.3 is 0 Å². The minimum atomic E-state index is 1.10. The van der Waals surface area contributed by atoms with Gasteiger partial charge in [0.25, 0.3) is 0 Å². The molecular weight excluding hydrogens is 242 g/mol. The van der Waals surface area contributed by atoms with Crippen LogP contribution in [-0.4, -0.2) is 4.57 Å². The van der Waals surface area contributed by atoms with Crippen LogP contribution in [0.25, 0.3) is 27.5 Å². The number of para-hydroxylation sites is 2. The summed E-state index contributed by atoms with van der Waals surface area (Å²) >= 11 is 0. The van der Waals surface area contributed by atoms with Crippen molar-refractivity contribution in [2.75, 3.05) is 0 Å². The lowest BCUT2D eigenvalue weighted by Crippen LogP contribution is -1.94. The van der Waals surface area contributed by atoms with Gasteiger partial charge in [-0.25, -0.2) is 0 Å². The smallest absolute Gasteiger partial charge is 0.0543 e. The maximum atomic E-state index is 3.36. The molecule has 0 aliphatic carbocycles. The van der Waals surface area contributed by atoms with Gasteiger partial charge in [0.2, 0.25) is 0 Å². The summed E-state index contributed by atoms with van der Waals surface area (Å²) in [6, 6.07) is 26.7. The van der Waals surface area contributed by atoms with Crippen molar-refractivity contribution < 1.29 is 0 Å². The highest BCUT2D eigenvalue weighted by molar-refractivity contribution is 6.09. The van der Waals surface area contributed by atoms with E-state index in [1.807, 2.05) is 6.07 Å². The molecule has 4 aromatic rings. The SMILES string of the molecule is Cc1cc[c]c(-n2c3ccccc3c3ccccc32)c1. The molecule has 0 atom stereocenters. The van der Waals surface area contributed by atoms with Gasteiger partial charge in [0.05, 0.1) is 16.7 Å². The molecule has 0 aliphatic heterocycles. The van der Waals surface area contributed by atoms with Gasteiger partial charge in [0, 0.05) is 16.8 Å². The Hall–Kier alpha value is -2.54. The third kappa shape index (κ3) is 1.56. The van der Waals surface area contributed by atoms with Crippen molar-refractivity contribution in [3.63, 3.8) is 0 Å². The molecule has 4 rings (SSSR count). The van der Waals surface area contributed by atoms with E-state index in [1.165, 1.54) is 27.4 Å². The van der Waals surface area contributed by atoms with Gasteiger partial charge in [-0.05, 0) is 30.7 Å². The van der Waals surface area contributed by atoms with Gasteiger partial charge in [-0.3, -0.25) is 0 Å². The minimum absolute atomic E-state index is 1.10. The number of aryl methyl sites for hydroxylation is 1. The summed E-state index contributed by atoms with van der Waals surface area (Å²) in [7, 11) is 0. The van der Waals surface area contributed by atoms with Gasteiger partial charge in [-0.1, -0.05) is 48.5 Å². The molecule has 0 spiro atoms. The monoisotopic (exact) mass is 256 g/mol. The first-order valence-electron chi connectivity index (χ1n) is 6.81. The Labute approximate surface area is 118 Å². The molecule has 0 fully saturated rings. The normalized spacial score (nSPS) is 11.2. The second-order valence-electron chi connectivity index (χ2n) is 5.12. The summed E-state index contributed by atoms with van der Waals surface area (Å²) in [5, 5.41) is 2.58. The number of hydrogen-bond acceptors (Lipinski definition) is 0. The average molecular weight is 256 g/mol. The van der Waals surface area contributed by atoms with Gasteiger partial charge in [0.1, 0.15) is 0 Å². The lowest BCUT2D eigenvalue weighted by molar-refractivity contribution is 1.17. The van der Waals surface area contributed by atoms with Crippen LogP contribution in [0, 0.1) is 13.0 Å². The molecule has 0 unspecified atom stereocenters. The van der Waals surface area contributed by atoms with Crippen LogP contribution < -0.4 is 0 Å². The molecule has 0 N–H and O–H groups in total. The summed E-state index contributed by atoms with van der Waals surface area (Å²) in [6.45, 7) is 2.12. The van der Waals surface area contributed by atoms with E-state index in [0.29, 0.717) is 0 Å². The molecule has 20 heavy (non-hydrogen) atoms. The van der Waals surface area contributed by atoms with Crippen molar-refractivity contribution in [2.24, 2.45) is 0 Å². The van der Waals surface area contributed by atoms with E-state index in [4.69, 9.17) is 0 Å². The van der Waals surface area contributed by atoms with Crippen molar-refractivity contribution in [3.8, 4) is 5.69 Å². The van der Waals surface area contributed by atoms with Crippen molar-refractivity contribution >= 4 is 21.8 Å². The lowest BCUT2D eigenvalue weighted by Gasteiger charge is -2.07. The Morgan fingerprint density at radius 2 is 1.40 bits per heavy atom. The van der Waals surface area contributed by atoms with Crippen molar-refractivity contribution in [2.45, 2.75) is 6.92 Å². The quantitative estimate of drug-likeness (QED) is 0.457. The molecule has 0 bridgehead atoms. The largest absolute Gasteiger partial charge is 0.309 e. The Morgan fingerprint density at radius 1 is 0.800 bits per heavy atom. The zero-order chi connectivity index (χ0) is 13.5. The molecule has 1 radical (unpaired) electrons. The first kappa shape index (κ1) is 11.3. The van der Waals surface area contributed by atoms with Crippen LogP contribution in [0.2, 0.25) is 0 Å². The molecule has 3 aromatic carbocycles. The fourth-order valence-corrected chi connectivity index (χ4v) is 2.88. The van der Waals surface area contributed by atoms with Crippen LogP contribution in [0.1, 0.15) is 5.56 Å². The summed E-state index contributed by atoms with van der Waals surface area (Å²) in [6.07, 6.45) is 0. The topological polar surface area (TPSA) is 4.93 Å². The Balaban J connectivity index is 2.21. The third-order valence-electron chi connectivity index (χ3n) is 3.76. The second kappa shape index (κ2) is 4.24. The fourth-order valence-electron chi connectivity index (χ4n) is 2.88. The number of hydrogen-bond donors (Lipinski definition) is 0. The van der Waals surface area contributed by atoms with Crippen LogP contribution in [0.5, 0.6) is 0 Å². The number of nitrogens with zero attached hydrogens (tertiary/aromatic N) is 1. The van der Waals surface area contributed by atoms with Crippen LogP contribution in [0.4, 0.5) is 0 Å². The molecule has 95 valence electrons. The average Bonchev–Trinajstić information content (AvgIpc) is 2.82. The highest BCUT2D eigenvalue weighted by Gasteiger charge is 2.10. The number of fused-ring (bicyclic) bond motifs is 3. The molecule has 0 saturated carbocycles. The summed E-state index contributed by atoms with van der Waals surface area (Å²) in [5.41, 5.74) is 4.81. The van der Waals surface area contributed by atoms with E-state index in [-0.39, 0.29) is 0 Å². The maximum Gasteiger partial charge on any atom is 0.0543 e. The molecule has 1 heteroatoms. The zero-order valence-corrected chi connectivity index (χ0v) is 11.3. The van der Waals surface area contributed by atoms with Gasteiger partial charge < -0.3 is 4.57 Å². The maximum absolute atomic E-state index is 3.36. The molecule has 0 saturated heterocycles. The standard InChI is InChI=1S/C19H14N/c1-14-7-6-8-15(13-14)20-18-11-4-2-9-16(18)17-10-3-5-12-19(17)20/h2-7,9-13H,1H3. The summed E-state index contributed by atoms with van der Waals surface area (Å²) in [5.74, 6) is 0. The Morgan fingerprint density at radius 3 is 2.00 bits per heavy atom. The highest BCUT2D eigenvalue weighted by Crippen LogP contribution is 2.31. The molecule has 1 aromatic heterocycles. The number of aromatic nitrogens is 1. The molecular formula is C19H14N. The van der Waals surface area contributed by atoms with Crippen LogP contribution in [0.15, 0.2) is 66.7 Å². The highest BCUT2D eigenvalue weighted by atomic mass is 15.0. The van der Waals surface area contributed by atoms with Crippen LogP contribution >= 0.6 is 0 Å². The first-order chi connectivity index (χ1) is 9.84. The minimum Gasteiger partial charge on any atom is -0.309 e. The molecule has 0 amide bonds. The first-order valence-corrected chi connectivity index (χ1v) is 6.81. The summed E-state index contributed by atoms with van der Waals surface area (Å²) < 4.78 is 2.29. The van der Waals surface area contributed by atoms with E-state index in [9.17, 15) is 0 Å². The predicted octanol–water partition coefficient (Wildman–Crippen LogP) is 4.89. The summed E-state index contributed by atoms with van der Waals surface area (Å²) in [4.78, 5) is 0. The van der Waals surface area contributed by atoms with Crippen molar-refractivity contribution in [1.29, 1.82) is 0 Å². The molecule has 0 aliphatic rings. The molecule has 1 heterocycles. The van der Waals surface area contributed by atoms with Crippen molar-refractivity contribution in [1.82, 2.24) is 4.57 Å². The van der Waals surface area contributed by atoms with E-state index in [0.717, 1.165) is 5.69 Å². The second-order valence-corrected chi connectivity index (χ2v) is 5.12. The van der Waals surface area contributed by atoms with E-state index in [2.05, 4.69) is 78.2 Å². The van der Waals surface area contributed by atoms with E-state index < -0.39 is 0 Å². The van der Waals surface area contributed by atoms with Crippen molar-refractivity contribution in [3.05, 3.63) is 78.4 Å². The molecule has 1 nitrogen and oxygen atoms in total.